The van der Waals surface area contributed by atoms with Crippen LogP contribution in [0.15, 0.2) is 78.9 Å². The summed E-state index contributed by atoms with van der Waals surface area (Å²) in [7, 11) is 1.63. The Morgan fingerprint density at radius 1 is 0.909 bits per heavy atom. The summed E-state index contributed by atoms with van der Waals surface area (Å²) in [4.78, 5) is 22.5. The van der Waals surface area contributed by atoms with Crippen LogP contribution >= 0.6 is 0 Å². The highest BCUT2D eigenvalue weighted by Crippen LogP contribution is 2.28. The molecule has 1 aliphatic heterocycles. The third-order valence-electron chi connectivity index (χ3n) is 6.09. The van der Waals surface area contributed by atoms with Crippen molar-refractivity contribution in [3.8, 4) is 17.0 Å². The van der Waals surface area contributed by atoms with E-state index in [0.717, 1.165) is 33.6 Å². The van der Waals surface area contributed by atoms with Gasteiger partial charge < -0.3 is 14.5 Å². The number of rotatable bonds is 4. The minimum absolute atomic E-state index is 0.00196. The number of ether oxygens (including phenoxy) is 1. The van der Waals surface area contributed by atoms with Crippen molar-refractivity contribution in [1.29, 1.82) is 0 Å². The number of fused-ring (bicyclic) bond motifs is 1. The lowest BCUT2D eigenvalue weighted by Crippen LogP contribution is -2.48. The van der Waals surface area contributed by atoms with Gasteiger partial charge in [0, 0.05) is 42.8 Å². The Kier molecular flexibility index (Phi) is 5.65. The molecule has 6 heteroatoms. The zero-order valence-electron chi connectivity index (χ0n) is 18.4. The molecule has 0 atom stereocenters. The van der Waals surface area contributed by atoms with Crippen LogP contribution < -0.4 is 9.64 Å². The monoisotopic (exact) mass is 441 g/mol. The highest BCUT2D eigenvalue weighted by Gasteiger charge is 2.24. The van der Waals surface area contributed by atoms with Crippen LogP contribution in [0.25, 0.3) is 22.2 Å². The van der Waals surface area contributed by atoms with Crippen molar-refractivity contribution in [3.63, 3.8) is 0 Å². The first-order chi connectivity index (χ1) is 16.1. The average Bonchev–Trinajstić information content (AvgIpc) is 2.88. The van der Waals surface area contributed by atoms with Crippen LogP contribution in [0.1, 0.15) is 10.4 Å². The third-order valence-corrected chi connectivity index (χ3v) is 6.09. The zero-order chi connectivity index (χ0) is 22.8. The van der Waals surface area contributed by atoms with Gasteiger partial charge in [-0.3, -0.25) is 4.79 Å². The first-order valence-corrected chi connectivity index (χ1v) is 11.0. The summed E-state index contributed by atoms with van der Waals surface area (Å²) < 4.78 is 18.5. The SMILES string of the molecule is COc1ccc(-c2cc(C(=O)N3CCN(c4ccc(F)cc4)CC3)c3ccccc3n2)cc1. The van der Waals surface area contributed by atoms with Crippen molar-refractivity contribution in [3.05, 3.63) is 90.2 Å². The van der Waals surface area contributed by atoms with Crippen LogP contribution in [0.5, 0.6) is 5.75 Å². The smallest absolute Gasteiger partial charge is 0.254 e. The van der Waals surface area contributed by atoms with Gasteiger partial charge in [-0.05, 0) is 60.7 Å². The van der Waals surface area contributed by atoms with E-state index in [0.29, 0.717) is 31.7 Å². The second-order valence-electron chi connectivity index (χ2n) is 8.06. The molecule has 0 radical (unpaired) electrons. The number of carbonyl (C=O) groups is 1. The summed E-state index contributed by atoms with van der Waals surface area (Å²) in [6.45, 7) is 2.60. The molecule has 5 rings (SSSR count). The maximum atomic E-state index is 13.6. The number of carbonyl (C=O) groups excluding carboxylic acids is 1. The fraction of sp³-hybridized carbons (Fsp3) is 0.185. The van der Waals surface area contributed by atoms with Crippen molar-refractivity contribution in [2.24, 2.45) is 0 Å². The number of hydrogen-bond acceptors (Lipinski definition) is 4. The van der Waals surface area contributed by atoms with Crippen molar-refractivity contribution < 1.29 is 13.9 Å². The molecule has 166 valence electrons. The Morgan fingerprint density at radius 2 is 1.61 bits per heavy atom. The van der Waals surface area contributed by atoms with Crippen molar-refractivity contribution in [2.45, 2.75) is 0 Å². The van der Waals surface area contributed by atoms with E-state index in [-0.39, 0.29) is 11.7 Å². The fourth-order valence-corrected chi connectivity index (χ4v) is 4.25. The Bertz CT molecular complexity index is 1280. The Labute approximate surface area is 192 Å². The van der Waals surface area contributed by atoms with Crippen LogP contribution in [-0.2, 0) is 0 Å². The van der Waals surface area contributed by atoms with E-state index in [9.17, 15) is 9.18 Å². The van der Waals surface area contributed by atoms with Crippen LogP contribution in [0.2, 0.25) is 0 Å². The van der Waals surface area contributed by atoms with Gasteiger partial charge in [0.05, 0.1) is 23.9 Å². The first-order valence-electron chi connectivity index (χ1n) is 11.0. The normalized spacial score (nSPS) is 13.9. The summed E-state index contributed by atoms with van der Waals surface area (Å²) in [5, 5.41) is 0.848. The molecule has 0 aliphatic carbocycles. The molecule has 2 heterocycles. The maximum absolute atomic E-state index is 13.6. The quantitative estimate of drug-likeness (QED) is 0.447. The third kappa shape index (κ3) is 4.24. The molecule has 1 aliphatic rings. The van der Waals surface area contributed by atoms with Gasteiger partial charge in [-0.1, -0.05) is 18.2 Å². The molecule has 3 aromatic carbocycles. The van der Waals surface area contributed by atoms with Crippen molar-refractivity contribution in [2.75, 3.05) is 38.2 Å². The number of piperazine rings is 1. The number of amides is 1. The Hall–Kier alpha value is -3.93. The van der Waals surface area contributed by atoms with Gasteiger partial charge in [0.2, 0.25) is 0 Å². The fourth-order valence-electron chi connectivity index (χ4n) is 4.25. The van der Waals surface area contributed by atoms with Gasteiger partial charge in [-0.25, -0.2) is 9.37 Å². The van der Waals surface area contributed by atoms with Crippen LogP contribution in [0.4, 0.5) is 10.1 Å². The predicted octanol–water partition coefficient (Wildman–Crippen LogP) is 5.01. The van der Waals surface area contributed by atoms with E-state index in [2.05, 4.69) is 4.90 Å². The van der Waals surface area contributed by atoms with Crippen molar-refractivity contribution in [1.82, 2.24) is 9.88 Å². The minimum Gasteiger partial charge on any atom is -0.497 e. The number of halogens is 1. The summed E-state index contributed by atoms with van der Waals surface area (Å²) in [6, 6.07) is 23.8. The molecule has 5 nitrogen and oxygen atoms in total. The lowest BCUT2D eigenvalue weighted by Gasteiger charge is -2.36. The molecule has 4 aromatic rings. The number of para-hydroxylation sites is 1. The lowest BCUT2D eigenvalue weighted by atomic mass is 10.0. The molecule has 0 unspecified atom stereocenters. The highest BCUT2D eigenvalue weighted by atomic mass is 19.1. The molecule has 33 heavy (non-hydrogen) atoms. The summed E-state index contributed by atoms with van der Waals surface area (Å²) >= 11 is 0. The van der Waals surface area contributed by atoms with Crippen LogP contribution in [-0.4, -0.2) is 49.1 Å². The van der Waals surface area contributed by atoms with Gasteiger partial charge in [0.1, 0.15) is 11.6 Å². The standard InChI is InChI=1S/C27H24FN3O2/c1-33-22-12-6-19(7-13-22)26-18-24(23-4-2-3-5-25(23)29-26)27(32)31-16-14-30(15-17-31)21-10-8-20(28)9-11-21/h2-13,18H,14-17H2,1H3. The molecule has 0 bridgehead atoms. The largest absolute Gasteiger partial charge is 0.497 e. The molecule has 0 N–H and O–H groups in total. The van der Waals surface area contributed by atoms with Crippen LogP contribution in [0, 0.1) is 5.82 Å². The molecule has 1 fully saturated rings. The van der Waals surface area contributed by atoms with Gasteiger partial charge in [-0.2, -0.15) is 0 Å². The zero-order valence-corrected chi connectivity index (χ0v) is 18.4. The summed E-state index contributed by atoms with van der Waals surface area (Å²) in [6.07, 6.45) is 0. The van der Waals surface area contributed by atoms with Gasteiger partial charge in [-0.15, -0.1) is 0 Å². The Morgan fingerprint density at radius 3 is 2.30 bits per heavy atom. The number of benzene rings is 3. The molecule has 1 aromatic heterocycles. The molecule has 1 saturated heterocycles. The number of anilines is 1. The van der Waals surface area contributed by atoms with Crippen molar-refractivity contribution >= 4 is 22.5 Å². The number of aromatic nitrogens is 1. The van der Waals surface area contributed by atoms with E-state index in [4.69, 9.17) is 9.72 Å². The van der Waals surface area contributed by atoms with Gasteiger partial charge in [0.15, 0.2) is 0 Å². The number of nitrogens with zero attached hydrogens (tertiary/aromatic N) is 3. The number of hydrogen-bond donors (Lipinski definition) is 0. The van der Waals surface area contributed by atoms with E-state index < -0.39 is 0 Å². The van der Waals surface area contributed by atoms with E-state index in [1.807, 2.05) is 59.5 Å². The highest BCUT2D eigenvalue weighted by molar-refractivity contribution is 6.07. The maximum Gasteiger partial charge on any atom is 0.254 e. The van der Waals surface area contributed by atoms with E-state index in [1.165, 1.54) is 12.1 Å². The Balaban J connectivity index is 1.42. The van der Waals surface area contributed by atoms with E-state index in [1.54, 1.807) is 19.2 Å². The average molecular weight is 442 g/mol. The second-order valence-corrected chi connectivity index (χ2v) is 8.06. The number of pyridine rings is 1. The predicted molar refractivity (Wildman–Crippen MR) is 128 cm³/mol. The summed E-state index contributed by atoms with van der Waals surface area (Å²) in [5.74, 6) is 0.529. The topological polar surface area (TPSA) is 45.7 Å². The molecule has 0 spiro atoms. The molecule has 0 saturated carbocycles. The van der Waals surface area contributed by atoms with Gasteiger partial charge in [0.25, 0.3) is 5.91 Å². The lowest BCUT2D eigenvalue weighted by molar-refractivity contribution is 0.0748. The minimum atomic E-state index is -0.246. The molecule has 1 amide bonds. The van der Waals surface area contributed by atoms with Crippen LogP contribution in [0.3, 0.4) is 0 Å². The molecular weight excluding hydrogens is 417 g/mol. The first kappa shape index (κ1) is 20.9. The summed E-state index contributed by atoms with van der Waals surface area (Å²) in [5.41, 5.74) is 4.10. The number of methoxy groups -OCH3 is 1. The molecular formula is C27H24FN3O2. The second kappa shape index (κ2) is 8.90. The van der Waals surface area contributed by atoms with E-state index >= 15 is 0 Å². The van der Waals surface area contributed by atoms with Gasteiger partial charge >= 0.3 is 0 Å².